The quantitative estimate of drug-likeness (QED) is 0.0356. The van der Waals surface area contributed by atoms with E-state index < -0.39 is 51.8 Å². The van der Waals surface area contributed by atoms with Crippen molar-refractivity contribution < 1.29 is 44.1 Å². The third-order valence-electron chi connectivity index (χ3n) is 13.2. The van der Waals surface area contributed by atoms with E-state index in [2.05, 4.69) is 47.1 Å². The first-order valence-electron chi connectivity index (χ1n) is 23.5. The highest BCUT2D eigenvalue weighted by Crippen LogP contribution is 2.41. The van der Waals surface area contributed by atoms with Crippen LogP contribution in [0.15, 0.2) is 30.5 Å². The maximum Gasteiger partial charge on any atom is 0.326 e. The number of hydrogen-bond acceptors (Lipinski definition) is 15. The Kier molecular flexibility index (Phi) is 21.6. The highest BCUT2D eigenvalue weighted by Gasteiger charge is 2.51. The summed E-state index contributed by atoms with van der Waals surface area (Å²) in [7, 11) is 0. The monoisotopic (exact) mass is 992 g/mol. The number of unbranched alkanes of at least 4 members (excludes halogenated alkanes) is 1. The van der Waals surface area contributed by atoms with Crippen LogP contribution in [0.1, 0.15) is 130 Å². The lowest BCUT2D eigenvalue weighted by atomic mass is 9.70. The van der Waals surface area contributed by atoms with Crippen molar-refractivity contribution in [1.29, 1.82) is 0 Å². The molecule has 5 amide bonds. The van der Waals surface area contributed by atoms with E-state index in [1.54, 1.807) is 56.6 Å². The van der Waals surface area contributed by atoms with Gasteiger partial charge in [0.25, 0.3) is 5.91 Å². The molecule has 20 nitrogen and oxygen atoms in total. The van der Waals surface area contributed by atoms with Gasteiger partial charge in [-0.3, -0.25) is 24.0 Å². The Bertz CT molecular complexity index is 2340. The normalized spacial score (nSPS) is 13.0. The number of thioether (sulfide) groups is 1. The van der Waals surface area contributed by atoms with Crippen LogP contribution >= 0.6 is 11.8 Å². The second-order valence-corrected chi connectivity index (χ2v) is 20.1. The molecule has 1 aromatic carbocycles. The fourth-order valence-electron chi connectivity index (χ4n) is 7.46. The van der Waals surface area contributed by atoms with Crippen LogP contribution in [0.3, 0.4) is 0 Å². The molecule has 21 heteroatoms. The van der Waals surface area contributed by atoms with Crippen LogP contribution < -0.4 is 27.0 Å². The lowest BCUT2D eigenvalue weighted by molar-refractivity contribution is -0.164. The SMILES string of the molecule is C#CCCCC(=O)NCCC(C)(C)C(C)(C)N(CC(C)(O)C(C)(C)N(CCSCCNC(=O)CCC(NC(=O)c1ccc(NCc2cnc3nc(N)nc(O)c3n2)cc1)C(=O)O)C(=O)CC)C(=O)CC. The number of rotatable bonds is 29. The fraction of sp³-hybridized carbons (Fsp3) is 0.592. The smallest absolute Gasteiger partial charge is 0.326 e. The molecule has 2 aromatic heterocycles. The average Bonchev–Trinajstić information content (AvgIpc) is 3.30. The van der Waals surface area contributed by atoms with Crippen molar-refractivity contribution in [2.75, 3.05) is 48.7 Å². The van der Waals surface area contributed by atoms with Gasteiger partial charge in [-0.2, -0.15) is 21.7 Å². The summed E-state index contributed by atoms with van der Waals surface area (Å²) in [6.07, 6.45) is 8.90. The number of aromatic hydroxyl groups is 1. The first kappa shape index (κ1) is 58.0. The number of nitrogens with one attached hydrogen (secondary N) is 4. The maximum absolute atomic E-state index is 13.7. The number of fused-ring (bicyclic) bond motifs is 1. The second kappa shape index (κ2) is 26.1. The summed E-state index contributed by atoms with van der Waals surface area (Å²) in [5.74, 6) is 0.256. The zero-order valence-corrected chi connectivity index (χ0v) is 42.9. The van der Waals surface area contributed by atoms with E-state index in [4.69, 9.17) is 12.2 Å². The van der Waals surface area contributed by atoms with Gasteiger partial charge in [-0.05, 0) is 83.6 Å². The van der Waals surface area contributed by atoms with Gasteiger partial charge in [0, 0.05) is 80.0 Å². The summed E-state index contributed by atoms with van der Waals surface area (Å²) in [6.45, 7) is 17.9. The van der Waals surface area contributed by atoms with Crippen molar-refractivity contribution in [3.05, 3.63) is 41.7 Å². The average molecular weight is 992 g/mol. The Morgan fingerprint density at radius 3 is 2.11 bits per heavy atom. The van der Waals surface area contributed by atoms with Crippen LogP contribution in [0.25, 0.3) is 11.2 Å². The topological polar surface area (TPSA) is 295 Å². The molecular weight excluding hydrogens is 919 g/mol. The predicted octanol–water partition coefficient (Wildman–Crippen LogP) is 4.25. The van der Waals surface area contributed by atoms with Crippen molar-refractivity contribution in [3.63, 3.8) is 0 Å². The Labute approximate surface area is 415 Å². The van der Waals surface area contributed by atoms with Crippen LogP contribution in [0.2, 0.25) is 0 Å². The standard InChI is InChI=1S/C49H73N11O9S/c1-11-14-15-16-36(61)51-24-23-46(4,5)47(6,7)60(39(64)13-3)31-49(10,69)48(8,9)59(38(63)12-2)26-28-70-27-25-52-37(62)22-21-35(44(67)68)56-42(65)32-17-19-33(20-18-32)53-29-34-30-54-41-40(55-34)43(66)58-45(50)57-41/h1,17-20,30,35,53,69H,12-16,21-29,31H2,2-10H3,(H,51,61)(H,52,62)(H,56,65)(H,67,68)(H3,50,54,57,58,66). The molecule has 0 saturated heterocycles. The number of aromatic nitrogens is 4. The van der Waals surface area contributed by atoms with Gasteiger partial charge in [0.05, 0.1) is 30.5 Å². The van der Waals surface area contributed by atoms with Crippen LogP contribution in [0.4, 0.5) is 11.6 Å². The van der Waals surface area contributed by atoms with E-state index >= 15 is 0 Å². The number of nitrogens with zero attached hydrogens (tertiary/aromatic N) is 6. The summed E-state index contributed by atoms with van der Waals surface area (Å²) >= 11 is 1.49. The molecule has 0 saturated carbocycles. The lowest BCUT2D eigenvalue weighted by Crippen LogP contribution is -2.68. The molecule has 0 fully saturated rings. The second-order valence-electron chi connectivity index (χ2n) is 18.9. The van der Waals surface area contributed by atoms with Gasteiger partial charge in [0.2, 0.25) is 35.5 Å². The van der Waals surface area contributed by atoms with Gasteiger partial charge >= 0.3 is 5.97 Å². The van der Waals surface area contributed by atoms with Gasteiger partial charge < -0.3 is 52.1 Å². The van der Waals surface area contributed by atoms with E-state index in [0.29, 0.717) is 55.1 Å². The molecular formula is C49H73N11O9S. The molecule has 9 N–H and O–H groups in total. The van der Waals surface area contributed by atoms with Crippen molar-refractivity contribution >= 4 is 70.1 Å². The number of amides is 5. The number of β-amino-alcohol motifs (C(OH)–C–C–N with tert-alkyl or cyclic N) is 1. The first-order chi connectivity index (χ1) is 32.8. The Morgan fingerprint density at radius 2 is 1.49 bits per heavy atom. The number of carboxylic acids is 1. The summed E-state index contributed by atoms with van der Waals surface area (Å²) in [5.41, 5.74) is 3.12. The zero-order chi connectivity index (χ0) is 52.5. The number of aliphatic carboxylic acids is 1. The van der Waals surface area contributed by atoms with Crippen LogP contribution in [-0.2, 0) is 30.5 Å². The largest absolute Gasteiger partial charge is 0.492 e. The molecule has 0 bridgehead atoms. The molecule has 0 aliphatic rings. The minimum atomic E-state index is -1.56. The number of benzene rings is 1. The van der Waals surface area contributed by atoms with Gasteiger partial charge in [0.1, 0.15) is 11.6 Å². The molecule has 2 atom stereocenters. The van der Waals surface area contributed by atoms with Crippen molar-refractivity contribution in [3.8, 4) is 18.2 Å². The number of anilines is 2. The number of carbonyl (C=O) groups is 6. The fourth-order valence-corrected chi connectivity index (χ4v) is 8.22. The summed E-state index contributed by atoms with van der Waals surface area (Å²) in [5, 5.41) is 43.5. The molecule has 2 heterocycles. The molecule has 2 unspecified atom stereocenters. The number of nitrogen functional groups attached to an aromatic ring is 1. The van der Waals surface area contributed by atoms with Crippen molar-refractivity contribution in [2.45, 2.75) is 143 Å². The van der Waals surface area contributed by atoms with Crippen molar-refractivity contribution in [1.82, 2.24) is 45.7 Å². The number of hydrogen-bond donors (Lipinski definition) is 8. The van der Waals surface area contributed by atoms with E-state index in [9.17, 15) is 44.1 Å². The first-order valence-corrected chi connectivity index (χ1v) is 24.7. The van der Waals surface area contributed by atoms with Gasteiger partial charge in [-0.15, -0.1) is 12.3 Å². The number of carbonyl (C=O) groups excluding carboxylic acids is 5. The summed E-state index contributed by atoms with van der Waals surface area (Å²) < 4.78 is 0. The van der Waals surface area contributed by atoms with Crippen molar-refractivity contribution in [2.24, 2.45) is 5.41 Å². The van der Waals surface area contributed by atoms with Gasteiger partial charge in [0.15, 0.2) is 11.2 Å². The Morgan fingerprint density at radius 1 is 0.857 bits per heavy atom. The van der Waals surface area contributed by atoms with Gasteiger partial charge in [-0.25, -0.2) is 14.8 Å². The van der Waals surface area contributed by atoms with Crippen LogP contribution in [-0.4, -0.2) is 141 Å². The molecule has 3 aromatic rings. The molecule has 384 valence electrons. The summed E-state index contributed by atoms with van der Waals surface area (Å²) in [4.78, 5) is 96.7. The highest BCUT2D eigenvalue weighted by molar-refractivity contribution is 7.99. The molecule has 0 aliphatic heterocycles. The van der Waals surface area contributed by atoms with E-state index in [1.165, 1.54) is 30.1 Å². The molecule has 0 aliphatic carbocycles. The van der Waals surface area contributed by atoms with Crippen LogP contribution in [0.5, 0.6) is 5.88 Å². The zero-order valence-electron chi connectivity index (χ0n) is 42.1. The Hall–Kier alpha value is -6.27. The Balaban J connectivity index is 1.50. The number of terminal acetylenes is 1. The number of nitrogens with two attached hydrogens (primary N) is 1. The molecule has 70 heavy (non-hydrogen) atoms. The molecule has 0 radical (unpaired) electrons. The van der Waals surface area contributed by atoms with Crippen LogP contribution in [0, 0.1) is 17.8 Å². The third-order valence-corrected chi connectivity index (χ3v) is 14.1. The maximum atomic E-state index is 13.7. The molecule has 0 spiro atoms. The number of carboxylic acid groups (broad SMARTS) is 1. The van der Waals surface area contributed by atoms with E-state index in [-0.39, 0.29) is 92.3 Å². The lowest BCUT2D eigenvalue weighted by Gasteiger charge is -2.55. The number of aliphatic hydroxyl groups is 1. The minimum Gasteiger partial charge on any atom is -0.492 e. The predicted molar refractivity (Wildman–Crippen MR) is 270 cm³/mol. The third kappa shape index (κ3) is 16.2. The molecule has 3 rings (SSSR count). The van der Waals surface area contributed by atoms with E-state index in [1.807, 2.05) is 27.7 Å². The van der Waals surface area contributed by atoms with E-state index in [0.717, 1.165) is 0 Å². The van der Waals surface area contributed by atoms with Gasteiger partial charge in [-0.1, -0.05) is 27.7 Å². The highest BCUT2D eigenvalue weighted by atomic mass is 32.2. The minimum absolute atomic E-state index is 0.0567. The summed E-state index contributed by atoms with van der Waals surface area (Å²) in [6, 6.07) is 4.96.